The van der Waals surface area contributed by atoms with Crippen LogP contribution >= 0.6 is 11.9 Å². The molecule has 1 atom stereocenters. The molecule has 1 aliphatic heterocycles. The second-order valence-electron chi connectivity index (χ2n) is 7.33. The van der Waals surface area contributed by atoms with Gasteiger partial charge in [-0.1, -0.05) is 61.7 Å². The Morgan fingerprint density at radius 3 is 2.63 bits per heavy atom. The summed E-state index contributed by atoms with van der Waals surface area (Å²) < 4.78 is 2.38. The zero-order chi connectivity index (χ0) is 19.1. The van der Waals surface area contributed by atoms with E-state index in [1.807, 2.05) is 24.1 Å². The van der Waals surface area contributed by atoms with E-state index in [0.717, 1.165) is 30.1 Å². The highest BCUT2D eigenvalue weighted by Gasteiger charge is 2.21. The van der Waals surface area contributed by atoms with Crippen molar-refractivity contribution in [1.82, 2.24) is 9.21 Å². The van der Waals surface area contributed by atoms with Crippen molar-refractivity contribution in [2.45, 2.75) is 24.3 Å². The first-order valence-corrected chi connectivity index (χ1v) is 10.5. The number of piperidine rings is 1. The summed E-state index contributed by atoms with van der Waals surface area (Å²) in [6.45, 7) is 12.4. The van der Waals surface area contributed by atoms with Crippen LogP contribution in [0.3, 0.4) is 0 Å². The summed E-state index contributed by atoms with van der Waals surface area (Å²) in [5, 5.41) is 0. The minimum Gasteiger partial charge on any atom is -0.299 e. The molecule has 1 aliphatic rings. The third-order valence-electron chi connectivity index (χ3n) is 5.13. The molecule has 0 saturated carbocycles. The Labute approximate surface area is 168 Å². The minimum atomic E-state index is 0.728. The normalized spacial score (nSPS) is 17.8. The van der Waals surface area contributed by atoms with Gasteiger partial charge < -0.3 is 0 Å². The van der Waals surface area contributed by atoms with Crippen LogP contribution < -0.4 is 0 Å². The predicted molar refractivity (Wildman–Crippen MR) is 120 cm³/mol. The van der Waals surface area contributed by atoms with Crippen molar-refractivity contribution in [1.29, 1.82) is 0 Å². The molecule has 0 aromatic heterocycles. The van der Waals surface area contributed by atoms with E-state index < -0.39 is 0 Å². The number of rotatable bonds is 8. The summed E-state index contributed by atoms with van der Waals surface area (Å²) in [4.78, 5) is 3.87. The van der Waals surface area contributed by atoms with Gasteiger partial charge in [0.05, 0.1) is 0 Å². The lowest BCUT2D eigenvalue weighted by molar-refractivity contribution is 0.157. The first kappa shape index (κ1) is 19.9. The van der Waals surface area contributed by atoms with Crippen molar-refractivity contribution in [3.8, 4) is 0 Å². The van der Waals surface area contributed by atoms with Crippen molar-refractivity contribution in [2.24, 2.45) is 5.92 Å². The molecular weight excluding hydrogens is 348 g/mol. The lowest BCUT2D eigenvalue weighted by atomic mass is 9.97. The summed E-state index contributed by atoms with van der Waals surface area (Å²) in [5.74, 6) is 0.728. The van der Waals surface area contributed by atoms with E-state index in [4.69, 9.17) is 0 Å². The van der Waals surface area contributed by atoms with Crippen molar-refractivity contribution in [3.63, 3.8) is 0 Å². The molecule has 1 fully saturated rings. The molecule has 2 aromatic carbocycles. The second-order valence-corrected chi connectivity index (χ2v) is 8.61. The van der Waals surface area contributed by atoms with Gasteiger partial charge in [-0.3, -0.25) is 4.90 Å². The van der Waals surface area contributed by atoms with Gasteiger partial charge in [-0.15, -0.1) is 0 Å². The Balaban J connectivity index is 1.53. The van der Waals surface area contributed by atoms with Crippen molar-refractivity contribution in [3.05, 3.63) is 78.4 Å². The standard InChI is InChI=1S/C24H30N2S/c1-4-22-13-14-24(16-23(22)5-2)27-25(3)17-21-12-9-15-26(19-21)18-20-10-7-6-8-11-20/h4-8,10-11,13-14,16,21H,1-2,9,12,15,17-19H2,3H3. The molecule has 0 aliphatic carbocycles. The number of benzene rings is 2. The largest absolute Gasteiger partial charge is 0.299 e. The number of hydrogen-bond donors (Lipinski definition) is 0. The predicted octanol–water partition coefficient (Wildman–Crippen LogP) is 5.82. The lowest BCUT2D eigenvalue weighted by Crippen LogP contribution is -2.38. The molecule has 3 rings (SSSR count). The lowest BCUT2D eigenvalue weighted by Gasteiger charge is -2.34. The molecule has 3 heteroatoms. The summed E-state index contributed by atoms with van der Waals surface area (Å²) in [5.41, 5.74) is 3.70. The number of likely N-dealkylation sites (tertiary alicyclic amines) is 1. The van der Waals surface area contributed by atoms with Crippen LogP contribution in [-0.4, -0.2) is 35.9 Å². The third kappa shape index (κ3) is 5.83. The van der Waals surface area contributed by atoms with Crippen LogP contribution in [0.25, 0.3) is 12.2 Å². The molecule has 0 bridgehead atoms. The first-order chi connectivity index (χ1) is 13.2. The zero-order valence-corrected chi connectivity index (χ0v) is 17.1. The van der Waals surface area contributed by atoms with Gasteiger partial charge in [0, 0.05) is 24.5 Å². The fraction of sp³-hybridized carbons (Fsp3) is 0.333. The molecule has 1 unspecified atom stereocenters. The Hall–Kier alpha value is -1.81. The number of hydrogen-bond acceptors (Lipinski definition) is 3. The quantitative estimate of drug-likeness (QED) is 0.534. The SMILES string of the molecule is C=Cc1ccc(SN(C)CC2CCCN(Cc3ccccc3)C2)cc1C=C. The summed E-state index contributed by atoms with van der Waals surface area (Å²) in [7, 11) is 2.20. The molecule has 0 radical (unpaired) electrons. The van der Waals surface area contributed by atoms with Crippen LogP contribution in [0.15, 0.2) is 66.6 Å². The van der Waals surface area contributed by atoms with E-state index >= 15 is 0 Å². The summed E-state index contributed by atoms with van der Waals surface area (Å²) in [6, 6.07) is 17.3. The van der Waals surface area contributed by atoms with Crippen LogP contribution in [0.1, 0.15) is 29.5 Å². The average Bonchev–Trinajstić information content (AvgIpc) is 2.69. The fourth-order valence-corrected chi connectivity index (χ4v) is 4.79. The second kappa shape index (κ2) is 9.93. The van der Waals surface area contributed by atoms with Gasteiger partial charge in [0.25, 0.3) is 0 Å². The highest BCUT2D eigenvalue weighted by atomic mass is 32.2. The third-order valence-corrected chi connectivity index (χ3v) is 6.05. The fourth-order valence-electron chi connectivity index (χ4n) is 3.84. The topological polar surface area (TPSA) is 6.48 Å². The molecular formula is C24H30N2S. The summed E-state index contributed by atoms with van der Waals surface area (Å²) in [6.07, 6.45) is 6.41. The minimum absolute atomic E-state index is 0.728. The van der Waals surface area contributed by atoms with Crippen molar-refractivity contribution < 1.29 is 0 Å². The maximum atomic E-state index is 3.92. The van der Waals surface area contributed by atoms with E-state index in [-0.39, 0.29) is 0 Å². The van der Waals surface area contributed by atoms with Gasteiger partial charge in [-0.25, -0.2) is 4.31 Å². The van der Waals surface area contributed by atoms with E-state index in [1.54, 1.807) is 0 Å². The average molecular weight is 379 g/mol. The van der Waals surface area contributed by atoms with Crippen LogP contribution in [0.5, 0.6) is 0 Å². The molecule has 1 saturated heterocycles. The van der Waals surface area contributed by atoms with Crippen molar-refractivity contribution in [2.75, 3.05) is 26.7 Å². The Morgan fingerprint density at radius 2 is 1.89 bits per heavy atom. The molecule has 2 nitrogen and oxygen atoms in total. The van der Waals surface area contributed by atoms with Crippen LogP contribution in [-0.2, 0) is 6.54 Å². The van der Waals surface area contributed by atoms with Gasteiger partial charge in [0.2, 0.25) is 0 Å². The van der Waals surface area contributed by atoms with E-state index in [1.165, 1.54) is 36.4 Å². The van der Waals surface area contributed by atoms with Crippen LogP contribution in [0.4, 0.5) is 0 Å². The van der Waals surface area contributed by atoms with Gasteiger partial charge in [0.1, 0.15) is 0 Å². The highest BCUT2D eigenvalue weighted by molar-refractivity contribution is 7.97. The Morgan fingerprint density at radius 1 is 1.11 bits per heavy atom. The first-order valence-electron chi connectivity index (χ1n) is 9.72. The maximum Gasteiger partial charge on any atom is 0.0236 e. The monoisotopic (exact) mass is 378 g/mol. The Bertz CT molecular complexity index is 756. The van der Waals surface area contributed by atoms with Gasteiger partial charge in [-0.05, 0) is 73.1 Å². The smallest absolute Gasteiger partial charge is 0.0236 e. The van der Waals surface area contributed by atoms with E-state index in [0.29, 0.717) is 0 Å². The molecule has 27 heavy (non-hydrogen) atoms. The highest BCUT2D eigenvalue weighted by Crippen LogP contribution is 2.28. The molecule has 0 amide bonds. The molecule has 0 N–H and O–H groups in total. The van der Waals surface area contributed by atoms with E-state index in [2.05, 4.69) is 77.9 Å². The van der Waals surface area contributed by atoms with Gasteiger partial charge >= 0.3 is 0 Å². The zero-order valence-electron chi connectivity index (χ0n) is 16.3. The Kier molecular flexibility index (Phi) is 7.33. The number of nitrogens with zero attached hydrogens (tertiary/aromatic N) is 2. The molecule has 0 spiro atoms. The van der Waals surface area contributed by atoms with Gasteiger partial charge in [0.15, 0.2) is 0 Å². The molecule has 142 valence electrons. The maximum absolute atomic E-state index is 3.92. The summed E-state index contributed by atoms with van der Waals surface area (Å²) >= 11 is 1.82. The molecule has 2 aromatic rings. The van der Waals surface area contributed by atoms with Crippen molar-refractivity contribution >= 4 is 24.1 Å². The molecule has 1 heterocycles. The van der Waals surface area contributed by atoms with E-state index in [9.17, 15) is 0 Å². The van der Waals surface area contributed by atoms with Crippen LogP contribution in [0.2, 0.25) is 0 Å². The van der Waals surface area contributed by atoms with Gasteiger partial charge in [-0.2, -0.15) is 0 Å². The van der Waals surface area contributed by atoms with Crippen LogP contribution in [0, 0.1) is 5.92 Å².